The number of hydrogen-bond acceptors (Lipinski definition) is 6. The molecule has 7 nitrogen and oxygen atoms in total. The number of hydrogen-bond donors (Lipinski definition) is 0. The molecule has 1 saturated heterocycles. The van der Waals surface area contributed by atoms with E-state index in [1.807, 2.05) is 0 Å². The van der Waals surface area contributed by atoms with Gasteiger partial charge in [0.05, 0.1) is 0 Å². The molecule has 1 fully saturated rings. The molecule has 1 aliphatic rings. The van der Waals surface area contributed by atoms with E-state index in [9.17, 15) is 14.4 Å². The number of rotatable bonds is 2. The van der Waals surface area contributed by atoms with E-state index in [0.29, 0.717) is 5.06 Å². The summed E-state index contributed by atoms with van der Waals surface area (Å²) in [5.74, 6) is -1.32. The molecule has 1 atom stereocenters. The molecular weight excluding hydrogens is 321 g/mol. The van der Waals surface area contributed by atoms with Crippen molar-refractivity contribution in [3.8, 4) is 0 Å². The molecule has 1 amide bonds. The van der Waals surface area contributed by atoms with Crippen LogP contribution in [0.15, 0.2) is 0 Å². The number of nitrogens with zero attached hydrogens (tertiary/aromatic N) is 1. The van der Waals surface area contributed by atoms with Crippen molar-refractivity contribution in [2.24, 2.45) is 0 Å². The van der Waals surface area contributed by atoms with Gasteiger partial charge in [0.25, 0.3) is 0 Å². The molecule has 0 N–H and O–H groups in total. The Bertz CT molecular complexity index is 319. The van der Waals surface area contributed by atoms with Crippen LogP contribution in [0.5, 0.6) is 0 Å². The summed E-state index contributed by atoms with van der Waals surface area (Å²) in [4.78, 5) is 37.2. The van der Waals surface area contributed by atoms with Crippen molar-refractivity contribution in [1.29, 1.82) is 0 Å². The SMILES string of the molecule is CC(=O)ON1C(=O)OCC1(I)OC(C)=O. The zero-order chi connectivity index (χ0) is 11.6. The highest BCUT2D eigenvalue weighted by Crippen LogP contribution is 2.32. The van der Waals surface area contributed by atoms with Crippen LogP contribution in [-0.4, -0.2) is 33.4 Å². The van der Waals surface area contributed by atoms with Gasteiger partial charge in [-0.1, -0.05) is 5.06 Å². The van der Waals surface area contributed by atoms with Gasteiger partial charge in [0.2, 0.25) is 0 Å². The molecule has 84 valence electrons. The zero-order valence-electron chi connectivity index (χ0n) is 7.98. The van der Waals surface area contributed by atoms with Gasteiger partial charge >= 0.3 is 21.8 Å². The third kappa shape index (κ3) is 2.70. The number of carbonyl (C=O) groups excluding carboxylic acids is 3. The first-order chi connectivity index (χ1) is 6.85. The Morgan fingerprint density at radius 1 is 1.47 bits per heavy atom. The molecule has 0 radical (unpaired) electrons. The highest BCUT2D eigenvalue weighted by Gasteiger charge is 2.51. The number of ether oxygens (including phenoxy) is 2. The van der Waals surface area contributed by atoms with E-state index in [1.54, 1.807) is 22.6 Å². The molecule has 1 heterocycles. The van der Waals surface area contributed by atoms with Crippen LogP contribution in [0.2, 0.25) is 0 Å². The highest BCUT2D eigenvalue weighted by molar-refractivity contribution is 14.1. The van der Waals surface area contributed by atoms with Crippen molar-refractivity contribution >= 4 is 40.6 Å². The van der Waals surface area contributed by atoms with Gasteiger partial charge in [-0.05, 0) is 0 Å². The third-order valence-corrected chi connectivity index (χ3v) is 2.33. The summed E-state index contributed by atoms with van der Waals surface area (Å²) < 4.78 is 8.02. The first-order valence-electron chi connectivity index (χ1n) is 3.89. The molecule has 1 unspecified atom stereocenters. The number of hydroxylamine groups is 2. The molecular formula is C7H8INO6. The Balaban J connectivity index is 2.82. The number of halogens is 1. The van der Waals surface area contributed by atoms with Crippen molar-refractivity contribution in [2.75, 3.05) is 6.61 Å². The van der Waals surface area contributed by atoms with E-state index in [0.717, 1.165) is 6.92 Å². The molecule has 0 aliphatic carbocycles. The minimum atomic E-state index is -1.42. The molecule has 0 saturated carbocycles. The Hall–Kier alpha value is -1.06. The minimum absolute atomic E-state index is 0.195. The standard InChI is InChI=1S/C7H8INO6/c1-4(10)14-7(8)3-13-6(12)9(7)15-5(2)11/h3H2,1-2H3. The molecule has 0 aromatic rings. The van der Waals surface area contributed by atoms with E-state index in [-0.39, 0.29) is 6.61 Å². The van der Waals surface area contributed by atoms with Gasteiger partial charge in [-0.2, -0.15) is 0 Å². The summed E-state index contributed by atoms with van der Waals surface area (Å²) in [6, 6.07) is 0. The lowest BCUT2D eigenvalue weighted by atomic mass is 10.6. The Kier molecular flexibility index (Phi) is 3.37. The summed E-state index contributed by atoms with van der Waals surface area (Å²) in [6.45, 7) is 2.10. The topological polar surface area (TPSA) is 82.1 Å². The van der Waals surface area contributed by atoms with Crippen LogP contribution in [0, 0.1) is 0 Å². The lowest BCUT2D eigenvalue weighted by Crippen LogP contribution is -2.45. The van der Waals surface area contributed by atoms with E-state index < -0.39 is 21.8 Å². The van der Waals surface area contributed by atoms with Gasteiger partial charge in [-0.25, -0.2) is 4.79 Å². The van der Waals surface area contributed by atoms with E-state index >= 15 is 0 Å². The van der Waals surface area contributed by atoms with Crippen LogP contribution in [0.25, 0.3) is 0 Å². The minimum Gasteiger partial charge on any atom is -0.440 e. The van der Waals surface area contributed by atoms with Gasteiger partial charge in [0, 0.05) is 36.4 Å². The van der Waals surface area contributed by atoms with Crippen LogP contribution in [0.1, 0.15) is 13.8 Å². The second-order valence-electron chi connectivity index (χ2n) is 2.71. The summed E-state index contributed by atoms with van der Waals surface area (Å²) in [6.07, 6.45) is -0.874. The molecule has 0 aromatic heterocycles. The molecule has 15 heavy (non-hydrogen) atoms. The number of cyclic esters (lactones) is 1. The van der Waals surface area contributed by atoms with Gasteiger partial charge in [-0.3, -0.25) is 9.59 Å². The second-order valence-corrected chi connectivity index (χ2v) is 4.40. The molecule has 0 bridgehead atoms. The van der Waals surface area contributed by atoms with Crippen LogP contribution in [0.4, 0.5) is 4.79 Å². The van der Waals surface area contributed by atoms with Gasteiger partial charge in [-0.15, -0.1) is 0 Å². The Morgan fingerprint density at radius 2 is 2.07 bits per heavy atom. The predicted octanol–water partition coefficient (Wildman–Crippen LogP) is 0.569. The molecule has 0 aromatic carbocycles. The van der Waals surface area contributed by atoms with Crippen molar-refractivity contribution < 1.29 is 28.7 Å². The smallest absolute Gasteiger partial charge is 0.440 e. The monoisotopic (exact) mass is 329 g/mol. The van der Waals surface area contributed by atoms with E-state index in [1.165, 1.54) is 6.92 Å². The lowest BCUT2D eigenvalue weighted by molar-refractivity contribution is -0.211. The van der Waals surface area contributed by atoms with Crippen molar-refractivity contribution in [1.82, 2.24) is 5.06 Å². The summed E-state index contributed by atoms with van der Waals surface area (Å²) in [7, 11) is 0. The molecule has 8 heteroatoms. The summed E-state index contributed by atoms with van der Waals surface area (Å²) in [5, 5.41) is 0.595. The van der Waals surface area contributed by atoms with Gasteiger partial charge in [0.1, 0.15) is 0 Å². The predicted molar refractivity (Wildman–Crippen MR) is 53.5 cm³/mol. The lowest BCUT2D eigenvalue weighted by Gasteiger charge is -2.26. The largest absolute Gasteiger partial charge is 0.448 e. The zero-order valence-corrected chi connectivity index (χ0v) is 10.1. The summed E-state index contributed by atoms with van der Waals surface area (Å²) in [5.41, 5.74) is 0. The van der Waals surface area contributed by atoms with Gasteiger partial charge < -0.3 is 14.3 Å². The number of esters is 1. The molecule has 1 rings (SSSR count). The fraction of sp³-hybridized carbons (Fsp3) is 0.571. The maximum absolute atomic E-state index is 11.1. The van der Waals surface area contributed by atoms with Crippen LogP contribution in [-0.2, 0) is 23.9 Å². The van der Waals surface area contributed by atoms with Gasteiger partial charge in [0.15, 0.2) is 6.61 Å². The number of alkyl halides is 1. The number of amides is 1. The summed E-state index contributed by atoms with van der Waals surface area (Å²) >= 11 is 1.65. The molecule has 1 aliphatic heterocycles. The average molecular weight is 329 g/mol. The normalized spacial score (nSPS) is 24.7. The maximum Gasteiger partial charge on any atom is 0.448 e. The second kappa shape index (κ2) is 4.21. The molecule has 0 spiro atoms. The fourth-order valence-electron chi connectivity index (χ4n) is 0.929. The maximum atomic E-state index is 11.1. The van der Waals surface area contributed by atoms with E-state index in [2.05, 4.69) is 9.57 Å². The quantitative estimate of drug-likeness (QED) is 0.319. The van der Waals surface area contributed by atoms with Crippen LogP contribution >= 0.6 is 22.6 Å². The third-order valence-electron chi connectivity index (χ3n) is 1.36. The first-order valence-corrected chi connectivity index (χ1v) is 4.97. The first kappa shape index (κ1) is 12.0. The highest BCUT2D eigenvalue weighted by atomic mass is 127. The Labute approximate surface area is 98.7 Å². The van der Waals surface area contributed by atoms with E-state index in [4.69, 9.17) is 4.74 Å². The Morgan fingerprint density at radius 3 is 2.53 bits per heavy atom. The van der Waals surface area contributed by atoms with Crippen molar-refractivity contribution in [3.63, 3.8) is 0 Å². The number of carbonyl (C=O) groups is 3. The van der Waals surface area contributed by atoms with Crippen molar-refractivity contribution in [2.45, 2.75) is 17.6 Å². The van der Waals surface area contributed by atoms with Crippen molar-refractivity contribution in [3.05, 3.63) is 0 Å². The van der Waals surface area contributed by atoms with Crippen LogP contribution < -0.4 is 0 Å². The average Bonchev–Trinajstić information content (AvgIpc) is 2.31. The van der Waals surface area contributed by atoms with Crippen LogP contribution in [0.3, 0.4) is 0 Å². The fourth-order valence-corrected chi connectivity index (χ4v) is 1.69.